The topological polar surface area (TPSA) is 58.4 Å². The first-order chi connectivity index (χ1) is 12.6. The van der Waals surface area contributed by atoms with Crippen LogP contribution in [0, 0.1) is 0 Å². The van der Waals surface area contributed by atoms with E-state index >= 15 is 0 Å². The van der Waals surface area contributed by atoms with Crippen molar-refractivity contribution in [1.82, 2.24) is 14.7 Å². The lowest BCUT2D eigenvalue weighted by molar-refractivity contribution is 0.0408. The first-order valence-corrected chi connectivity index (χ1v) is 9.03. The summed E-state index contributed by atoms with van der Waals surface area (Å²) in [6, 6.07) is 17.8. The van der Waals surface area contributed by atoms with Crippen LogP contribution in [0.2, 0.25) is 0 Å². The molecule has 1 saturated heterocycles. The first-order valence-electron chi connectivity index (χ1n) is 9.03. The summed E-state index contributed by atoms with van der Waals surface area (Å²) in [7, 11) is 1.85. The molecule has 1 unspecified atom stereocenters. The predicted molar refractivity (Wildman–Crippen MR) is 101 cm³/mol. The molecule has 1 amide bonds. The van der Waals surface area contributed by atoms with E-state index in [9.17, 15) is 9.90 Å². The molecule has 134 valence electrons. The number of carbonyl (C=O) groups excluding carboxylic acids is 1. The van der Waals surface area contributed by atoms with Gasteiger partial charge in [-0.25, -0.2) is 0 Å². The SMILES string of the molecule is Cn1nc(C(=O)N2CCCC2(CO)Cc2ccccc2)c2ccccc21. The zero-order valence-corrected chi connectivity index (χ0v) is 14.9. The van der Waals surface area contributed by atoms with Gasteiger partial charge in [0.25, 0.3) is 5.91 Å². The quantitative estimate of drug-likeness (QED) is 0.788. The van der Waals surface area contributed by atoms with Crippen LogP contribution in [-0.2, 0) is 13.5 Å². The van der Waals surface area contributed by atoms with Crippen LogP contribution >= 0.6 is 0 Å². The Morgan fingerprint density at radius 1 is 1.15 bits per heavy atom. The molecule has 5 heteroatoms. The van der Waals surface area contributed by atoms with E-state index in [1.165, 1.54) is 0 Å². The van der Waals surface area contributed by atoms with Gasteiger partial charge >= 0.3 is 0 Å². The molecule has 26 heavy (non-hydrogen) atoms. The molecule has 1 aliphatic rings. The van der Waals surface area contributed by atoms with Crippen molar-refractivity contribution in [2.24, 2.45) is 7.05 Å². The average Bonchev–Trinajstić information content (AvgIpc) is 3.24. The average molecular weight is 349 g/mol. The van der Waals surface area contributed by atoms with Crippen molar-refractivity contribution >= 4 is 16.8 Å². The van der Waals surface area contributed by atoms with Gasteiger partial charge in [0.05, 0.1) is 17.7 Å². The van der Waals surface area contributed by atoms with Crippen LogP contribution in [0.4, 0.5) is 0 Å². The molecule has 1 fully saturated rings. The summed E-state index contributed by atoms with van der Waals surface area (Å²) in [5.74, 6) is -0.0933. The minimum atomic E-state index is -0.558. The Morgan fingerprint density at radius 3 is 2.65 bits per heavy atom. The number of aromatic nitrogens is 2. The van der Waals surface area contributed by atoms with Crippen LogP contribution in [0.25, 0.3) is 10.9 Å². The molecule has 0 radical (unpaired) electrons. The third-order valence-electron chi connectivity index (χ3n) is 5.47. The molecule has 1 atom stereocenters. The van der Waals surface area contributed by atoms with E-state index in [1.807, 2.05) is 54.4 Å². The van der Waals surface area contributed by atoms with Gasteiger partial charge in [0.15, 0.2) is 5.69 Å². The summed E-state index contributed by atoms with van der Waals surface area (Å²) < 4.78 is 1.75. The number of hydrogen-bond donors (Lipinski definition) is 1. The molecule has 0 bridgehead atoms. The Labute approximate surface area is 152 Å². The molecular formula is C21H23N3O2. The van der Waals surface area contributed by atoms with Crippen LogP contribution in [0.5, 0.6) is 0 Å². The number of aliphatic hydroxyl groups is 1. The number of likely N-dealkylation sites (tertiary alicyclic amines) is 1. The number of hydrogen-bond acceptors (Lipinski definition) is 3. The third kappa shape index (κ3) is 2.69. The zero-order chi connectivity index (χ0) is 18.1. The Balaban J connectivity index is 1.71. The van der Waals surface area contributed by atoms with Crippen molar-refractivity contribution in [3.05, 3.63) is 65.9 Å². The molecule has 1 aromatic heterocycles. The van der Waals surface area contributed by atoms with Gasteiger partial charge in [-0.1, -0.05) is 48.5 Å². The molecule has 2 heterocycles. The third-order valence-corrected chi connectivity index (χ3v) is 5.47. The number of amides is 1. The fourth-order valence-electron chi connectivity index (χ4n) is 4.13. The normalized spacial score (nSPS) is 20.0. The fourth-order valence-corrected chi connectivity index (χ4v) is 4.13. The first kappa shape index (κ1) is 16.8. The Hall–Kier alpha value is -2.66. The number of benzene rings is 2. The number of para-hydroxylation sites is 1. The van der Waals surface area contributed by atoms with E-state index in [2.05, 4.69) is 17.2 Å². The summed E-state index contributed by atoms with van der Waals surface area (Å²) in [6.45, 7) is 0.607. The molecule has 0 aliphatic carbocycles. The van der Waals surface area contributed by atoms with Gasteiger partial charge in [0.2, 0.25) is 0 Å². The van der Waals surface area contributed by atoms with Crippen molar-refractivity contribution in [3.8, 4) is 0 Å². The largest absolute Gasteiger partial charge is 0.394 e. The smallest absolute Gasteiger partial charge is 0.275 e. The van der Waals surface area contributed by atoms with Crippen LogP contribution in [0.15, 0.2) is 54.6 Å². The minimum absolute atomic E-state index is 0.0433. The maximum atomic E-state index is 13.4. The molecule has 1 aliphatic heterocycles. The summed E-state index contributed by atoms with van der Waals surface area (Å²) >= 11 is 0. The van der Waals surface area contributed by atoms with Crippen LogP contribution in [0.1, 0.15) is 28.9 Å². The van der Waals surface area contributed by atoms with Gasteiger partial charge in [-0.3, -0.25) is 9.48 Å². The van der Waals surface area contributed by atoms with E-state index in [4.69, 9.17) is 0 Å². The van der Waals surface area contributed by atoms with Crippen LogP contribution in [0.3, 0.4) is 0 Å². The fraction of sp³-hybridized carbons (Fsp3) is 0.333. The number of fused-ring (bicyclic) bond motifs is 1. The van der Waals surface area contributed by atoms with Gasteiger partial charge in [-0.2, -0.15) is 5.10 Å². The summed E-state index contributed by atoms with van der Waals surface area (Å²) in [6.07, 6.45) is 2.35. The van der Waals surface area contributed by atoms with Crippen LogP contribution < -0.4 is 0 Å². The molecule has 5 nitrogen and oxygen atoms in total. The van der Waals surface area contributed by atoms with Crippen molar-refractivity contribution in [3.63, 3.8) is 0 Å². The lowest BCUT2D eigenvalue weighted by Gasteiger charge is -2.37. The predicted octanol–water partition coefficient (Wildman–Crippen LogP) is 2.78. The molecule has 0 saturated carbocycles. The lowest BCUT2D eigenvalue weighted by Crippen LogP contribution is -2.51. The number of aliphatic hydroxyl groups excluding tert-OH is 1. The molecule has 0 spiro atoms. The standard InChI is InChI=1S/C21H23N3O2/c1-23-18-11-6-5-10-17(18)19(22-23)20(26)24-13-7-12-21(24,15-25)14-16-8-3-2-4-9-16/h2-6,8-11,25H,7,12-15H2,1H3. The highest BCUT2D eigenvalue weighted by molar-refractivity contribution is 6.05. The van der Waals surface area contributed by atoms with Gasteiger partial charge in [0, 0.05) is 19.0 Å². The van der Waals surface area contributed by atoms with E-state index in [0.29, 0.717) is 18.7 Å². The van der Waals surface area contributed by atoms with Crippen molar-refractivity contribution < 1.29 is 9.90 Å². The van der Waals surface area contributed by atoms with E-state index in [1.54, 1.807) is 4.68 Å². The zero-order valence-electron chi connectivity index (χ0n) is 14.9. The monoisotopic (exact) mass is 349 g/mol. The second-order valence-corrected chi connectivity index (χ2v) is 7.09. The van der Waals surface area contributed by atoms with Crippen molar-refractivity contribution in [1.29, 1.82) is 0 Å². The molecule has 2 aromatic carbocycles. The Morgan fingerprint density at radius 2 is 1.88 bits per heavy atom. The van der Waals surface area contributed by atoms with Gasteiger partial charge in [0.1, 0.15) is 0 Å². The van der Waals surface area contributed by atoms with Crippen molar-refractivity contribution in [2.45, 2.75) is 24.8 Å². The number of nitrogens with zero attached hydrogens (tertiary/aromatic N) is 3. The maximum absolute atomic E-state index is 13.4. The summed E-state index contributed by atoms with van der Waals surface area (Å²) in [5.41, 5.74) is 1.98. The highest BCUT2D eigenvalue weighted by Gasteiger charge is 2.44. The lowest BCUT2D eigenvalue weighted by atomic mass is 9.88. The van der Waals surface area contributed by atoms with Crippen LogP contribution in [-0.4, -0.2) is 44.4 Å². The van der Waals surface area contributed by atoms with E-state index in [-0.39, 0.29) is 12.5 Å². The van der Waals surface area contributed by atoms with E-state index in [0.717, 1.165) is 29.3 Å². The van der Waals surface area contributed by atoms with Gasteiger partial charge in [-0.05, 0) is 30.9 Å². The second kappa shape index (κ2) is 6.57. The maximum Gasteiger partial charge on any atom is 0.275 e. The highest BCUT2D eigenvalue weighted by Crippen LogP contribution is 2.34. The highest BCUT2D eigenvalue weighted by atomic mass is 16.3. The van der Waals surface area contributed by atoms with Crippen molar-refractivity contribution in [2.75, 3.05) is 13.2 Å². The second-order valence-electron chi connectivity index (χ2n) is 7.09. The molecule has 4 rings (SSSR count). The molecular weight excluding hydrogens is 326 g/mol. The summed E-state index contributed by atoms with van der Waals surface area (Å²) in [4.78, 5) is 15.2. The van der Waals surface area contributed by atoms with E-state index < -0.39 is 5.54 Å². The summed E-state index contributed by atoms with van der Waals surface area (Å²) in [5, 5.41) is 15.6. The number of aryl methyl sites for hydroxylation is 1. The van der Waals surface area contributed by atoms with Gasteiger partial charge in [-0.15, -0.1) is 0 Å². The minimum Gasteiger partial charge on any atom is -0.394 e. The Kier molecular flexibility index (Phi) is 4.24. The Bertz CT molecular complexity index is 935. The number of rotatable bonds is 4. The van der Waals surface area contributed by atoms with Gasteiger partial charge < -0.3 is 10.0 Å². The molecule has 3 aromatic rings. The molecule has 1 N–H and O–H groups in total. The number of carbonyl (C=O) groups is 1.